The van der Waals surface area contributed by atoms with Crippen LogP contribution in [-0.4, -0.2) is 46.1 Å². The zero-order valence-electron chi connectivity index (χ0n) is 13.4. The van der Waals surface area contributed by atoms with Crippen molar-refractivity contribution in [1.82, 2.24) is 14.9 Å². The number of carbonyl (C=O) groups is 1. The molecule has 1 amide bonds. The number of aryl methyl sites for hydroxylation is 1. The van der Waals surface area contributed by atoms with Gasteiger partial charge in [-0.1, -0.05) is 12.1 Å². The molecule has 1 aliphatic heterocycles. The van der Waals surface area contributed by atoms with Crippen LogP contribution in [0.5, 0.6) is 0 Å². The lowest BCUT2D eigenvalue weighted by atomic mass is 10.2. The second kappa shape index (κ2) is 6.50. The zero-order chi connectivity index (χ0) is 16.4. The number of benzene rings is 1. The Morgan fingerprint density at radius 3 is 2.74 bits per heavy atom. The maximum absolute atomic E-state index is 12.4. The van der Waals surface area contributed by atoms with Gasteiger partial charge in [0, 0.05) is 25.9 Å². The molecule has 6 nitrogen and oxygen atoms in total. The molecule has 0 radical (unpaired) electrons. The van der Waals surface area contributed by atoms with Crippen LogP contribution in [0.4, 0.5) is 0 Å². The van der Waals surface area contributed by atoms with Crippen molar-refractivity contribution < 1.29 is 9.53 Å². The molecule has 0 saturated carbocycles. The SMILES string of the molecule is C[C@@H]1CN(C(=O)CCc2nc3ccccc3c(=O)[nH]2)C[C@@H](C)O1. The molecular formula is C17H21N3O3. The van der Waals surface area contributed by atoms with Crippen LogP contribution in [0.15, 0.2) is 29.1 Å². The van der Waals surface area contributed by atoms with Gasteiger partial charge in [-0.15, -0.1) is 0 Å². The Bertz CT molecular complexity index is 761. The standard InChI is InChI=1S/C17H21N3O3/c1-11-9-20(10-12(2)23-11)16(21)8-7-15-18-14-6-4-3-5-13(14)17(22)19-15/h3-6,11-12H,7-10H2,1-2H3,(H,18,19,22)/t11-,12-/m1/s1. The number of aromatic amines is 1. The number of morpholine rings is 1. The van der Waals surface area contributed by atoms with Crippen LogP contribution in [0.1, 0.15) is 26.1 Å². The number of hydrogen-bond acceptors (Lipinski definition) is 4. The number of ether oxygens (including phenoxy) is 1. The first kappa shape index (κ1) is 15.7. The molecular weight excluding hydrogens is 294 g/mol. The van der Waals surface area contributed by atoms with E-state index >= 15 is 0 Å². The van der Waals surface area contributed by atoms with Gasteiger partial charge in [0.15, 0.2) is 0 Å². The van der Waals surface area contributed by atoms with Crippen molar-refractivity contribution in [2.24, 2.45) is 0 Å². The third kappa shape index (κ3) is 3.59. The Kier molecular flexibility index (Phi) is 4.43. The first-order chi connectivity index (χ1) is 11.0. The molecule has 1 fully saturated rings. The zero-order valence-corrected chi connectivity index (χ0v) is 13.4. The van der Waals surface area contributed by atoms with Gasteiger partial charge in [-0.2, -0.15) is 0 Å². The molecule has 1 saturated heterocycles. The summed E-state index contributed by atoms with van der Waals surface area (Å²) in [5.41, 5.74) is 0.499. The van der Waals surface area contributed by atoms with E-state index in [-0.39, 0.29) is 23.7 Å². The molecule has 1 N–H and O–H groups in total. The number of para-hydroxylation sites is 1. The molecule has 2 atom stereocenters. The Balaban J connectivity index is 1.68. The van der Waals surface area contributed by atoms with Gasteiger partial charge >= 0.3 is 0 Å². The number of nitrogens with zero attached hydrogens (tertiary/aromatic N) is 2. The van der Waals surface area contributed by atoms with Gasteiger partial charge in [-0.25, -0.2) is 4.98 Å². The fourth-order valence-electron chi connectivity index (χ4n) is 3.02. The summed E-state index contributed by atoms with van der Waals surface area (Å²) >= 11 is 0. The molecule has 0 unspecified atom stereocenters. The molecule has 23 heavy (non-hydrogen) atoms. The van der Waals surface area contributed by atoms with Gasteiger partial charge in [0.2, 0.25) is 5.91 Å². The monoisotopic (exact) mass is 315 g/mol. The topological polar surface area (TPSA) is 75.3 Å². The Labute approximate surface area is 134 Å². The van der Waals surface area contributed by atoms with E-state index in [0.29, 0.717) is 42.7 Å². The minimum absolute atomic E-state index is 0.0568. The maximum Gasteiger partial charge on any atom is 0.258 e. The number of carbonyl (C=O) groups excluding carboxylic acids is 1. The Morgan fingerprint density at radius 2 is 2.00 bits per heavy atom. The highest BCUT2D eigenvalue weighted by Crippen LogP contribution is 2.13. The summed E-state index contributed by atoms with van der Waals surface area (Å²) in [7, 11) is 0. The number of H-pyrrole nitrogens is 1. The number of aromatic nitrogens is 2. The highest BCUT2D eigenvalue weighted by molar-refractivity contribution is 5.78. The minimum atomic E-state index is -0.160. The number of rotatable bonds is 3. The predicted octanol–water partition coefficient (Wildman–Crippen LogP) is 1.49. The van der Waals surface area contributed by atoms with E-state index in [9.17, 15) is 9.59 Å². The first-order valence-electron chi connectivity index (χ1n) is 7.94. The van der Waals surface area contributed by atoms with Crippen molar-refractivity contribution in [3.8, 4) is 0 Å². The Hall–Kier alpha value is -2.21. The van der Waals surface area contributed by atoms with Gasteiger partial charge in [0.25, 0.3) is 5.56 Å². The smallest absolute Gasteiger partial charge is 0.258 e. The molecule has 1 aliphatic rings. The Morgan fingerprint density at radius 1 is 1.30 bits per heavy atom. The van der Waals surface area contributed by atoms with Gasteiger partial charge in [-0.05, 0) is 26.0 Å². The lowest BCUT2D eigenvalue weighted by Gasteiger charge is -2.35. The third-order valence-corrected chi connectivity index (χ3v) is 4.01. The summed E-state index contributed by atoms with van der Waals surface area (Å²) < 4.78 is 5.64. The molecule has 2 aromatic rings. The number of nitrogens with one attached hydrogen (secondary N) is 1. The van der Waals surface area contributed by atoms with Crippen molar-refractivity contribution in [3.63, 3.8) is 0 Å². The molecule has 6 heteroatoms. The van der Waals surface area contributed by atoms with E-state index in [1.54, 1.807) is 12.1 Å². The summed E-state index contributed by atoms with van der Waals surface area (Å²) in [5, 5.41) is 0.568. The molecule has 3 rings (SSSR count). The van der Waals surface area contributed by atoms with E-state index in [2.05, 4.69) is 9.97 Å². The van der Waals surface area contributed by atoms with E-state index in [4.69, 9.17) is 4.74 Å². The molecule has 2 heterocycles. The average Bonchev–Trinajstić information content (AvgIpc) is 2.52. The third-order valence-electron chi connectivity index (χ3n) is 4.01. The molecule has 0 bridgehead atoms. The quantitative estimate of drug-likeness (QED) is 0.931. The van der Waals surface area contributed by atoms with Crippen LogP contribution in [0, 0.1) is 0 Å². The highest BCUT2D eigenvalue weighted by Gasteiger charge is 2.25. The van der Waals surface area contributed by atoms with E-state index in [0.717, 1.165) is 0 Å². The molecule has 0 aliphatic carbocycles. The summed E-state index contributed by atoms with van der Waals surface area (Å²) in [6.45, 7) is 5.17. The van der Waals surface area contributed by atoms with Crippen molar-refractivity contribution in [2.45, 2.75) is 38.9 Å². The molecule has 1 aromatic heterocycles. The largest absolute Gasteiger partial charge is 0.372 e. The van der Waals surface area contributed by atoms with E-state index in [1.165, 1.54) is 0 Å². The van der Waals surface area contributed by atoms with Crippen LogP contribution >= 0.6 is 0 Å². The average molecular weight is 315 g/mol. The number of amides is 1. The fourth-order valence-corrected chi connectivity index (χ4v) is 3.02. The lowest BCUT2D eigenvalue weighted by molar-refractivity contribution is -0.143. The van der Waals surface area contributed by atoms with Gasteiger partial charge < -0.3 is 14.6 Å². The maximum atomic E-state index is 12.4. The summed E-state index contributed by atoms with van der Waals surface area (Å²) in [6, 6.07) is 7.21. The van der Waals surface area contributed by atoms with E-state index in [1.807, 2.05) is 30.9 Å². The summed E-state index contributed by atoms with van der Waals surface area (Å²) in [5.74, 6) is 0.624. The van der Waals surface area contributed by atoms with Crippen LogP contribution in [-0.2, 0) is 16.0 Å². The van der Waals surface area contributed by atoms with Gasteiger partial charge in [-0.3, -0.25) is 9.59 Å². The molecule has 1 aromatic carbocycles. The van der Waals surface area contributed by atoms with Crippen LogP contribution < -0.4 is 5.56 Å². The number of hydrogen-bond donors (Lipinski definition) is 1. The molecule has 122 valence electrons. The van der Waals surface area contributed by atoms with Crippen LogP contribution in [0.3, 0.4) is 0 Å². The van der Waals surface area contributed by atoms with Crippen molar-refractivity contribution in [3.05, 3.63) is 40.4 Å². The van der Waals surface area contributed by atoms with Crippen molar-refractivity contribution >= 4 is 16.8 Å². The second-order valence-corrected chi connectivity index (χ2v) is 6.09. The van der Waals surface area contributed by atoms with Crippen LogP contribution in [0.25, 0.3) is 10.9 Å². The summed E-state index contributed by atoms with van der Waals surface area (Å²) in [4.78, 5) is 33.4. The normalized spacial score (nSPS) is 21.6. The number of fused-ring (bicyclic) bond motifs is 1. The predicted molar refractivity (Wildman–Crippen MR) is 87.3 cm³/mol. The fraction of sp³-hybridized carbons (Fsp3) is 0.471. The summed E-state index contributed by atoms with van der Waals surface area (Å²) in [6.07, 6.45) is 0.877. The lowest BCUT2D eigenvalue weighted by Crippen LogP contribution is -2.48. The van der Waals surface area contributed by atoms with Crippen molar-refractivity contribution in [2.75, 3.05) is 13.1 Å². The first-order valence-corrected chi connectivity index (χ1v) is 7.94. The second-order valence-electron chi connectivity index (χ2n) is 6.09. The van der Waals surface area contributed by atoms with Crippen LogP contribution in [0.2, 0.25) is 0 Å². The van der Waals surface area contributed by atoms with Gasteiger partial charge in [0.05, 0.1) is 23.1 Å². The van der Waals surface area contributed by atoms with Crippen molar-refractivity contribution in [1.29, 1.82) is 0 Å². The minimum Gasteiger partial charge on any atom is -0.372 e. The van der Waals surface area contributed by atoms with Gasteiger partial charge in [0.1, 0.15) is 5.82 Å². The highest BCUT2D eigenvalue weighted by atomic mass is 16.5. The molecule has 0 spiro atoms. The van der Waals surface area contributed by atoms with E-state index < -0.39 is 0 Å².